The van der Waals surface area contributed by atoms with E-state index in [2.05, 4.69) is 21.2 Å². The molecule has 1 fully saturated rings. The Hall–Kier alpha value is -0.400. The van der Waals surface area contributed by atoms with Crippen molar-refractivity contribution in [2.75, 3.05) is 12.3 Å². The van der Waals surface area contributed by atoms with Gasteiger partial charge in [-0.25, -0.2) is 8.42 Å². The number of rotatable bonds is 3. The number of aryl methyl sites for hydroxylation is 1. The van der Waals surface area contributed by atoms with Crippen LogP contribution in [-0.4, -0.2) is 31.9 Å². The number of hydrogen-bond acceptors (Lipinski definition) is 4. The molecule has 2 rings (SSSR count). The Kier molecular flexibility index (Phi) is 4.68. The van der Waals surface area contributed by atoms with Gasteiger partial charge in [0.15, 0.2) is 9.84 Å². The van der Waals surface area contributed by atoms with Crippen LogP contribution in [0.25, 0.3) is 0 Å². The molecule has 0 aromatic carbocycles. The first-order valence-electron chi connectivity index (χ1n) is 6.16. The van der Waals surface area contributed by atoms with Crippen molar-refractivity contribution in [1.82, 2.24) is 5.32 Å². The number of halogens is 1. The zero-order valence-electron chi connectivity index (χ0n) is 10.6. The monoisotopic (exact) mass is 365 g/mol. The van der Waals surface area contributed by atoms with Crippen LogP contribution in [-0.2, 0) is 9.84 Å². The summed E-state index contributed by atoms with van der Waals surface area (Å²) in [6.45, 7) is 2.14. The molecular formula is C12H16BrNO3S2. The molecule has 0 spiro atoms. The Labute approximate surface area is 125 Å². The third-order valence-electron chi connectivity index (χ3n) is 3.26. The van der Waals surface area contributed by atoms with Crippen LogP contribution in [0.2, 0.25) is 0 Å². The number of sulfone groups is 1. The summed E-state index contributed by atoms with van der Waals surface area (Å²) in [6, 6.07) is 1.81. The first-order valence-corrected chi connectivity index (χ1v) is 9.48. The van der Waals surface area contributed by atoms with Crippen molar-refractivity contribution in [1.29, 1.82) is 0 Å². The normalized spacial score (nSPS) is 22.1. The van der Waals surface area contributed by atoms with Gasteiger partial charge in [0, 0.05) is 11.4 Å². The number of amides is 1. The van der Waals surface area contributed by atoms with Crippen molar-refractivity contribution >= 4 is 43.0 Å². The van der Waals surface area contributed by atoms with Gasteiger partial charge in [-0.2, -0.15) is 0 Å². The maximum absolute atomic E-state index is 12.0. The van der Waals surface area contributed by atoms with Gasteiger partial charge in [-0.1, -0.05) is 6.42 Å². The predicted molar refractivity (Wildman–Crippen MR) is 80.5 cm³/mol. The highest BCUT2D eigenvalue weighted by atomic mass is 79.9. The second-order valence-corrected chi connectivity index (χ2v) is 9.71. The van der Waals surface area contributed by atoms with E-state index in [0.29, 0.717) is 12.0 Å². The van der Waals surface area contributed by atoms with Crippen molar-refractivity contribution in [2.45, 2.75) is 31.4 Å². The van der Waals surface area contributed by atoms with Gasteiger partial charge >= 0.3 is 0 Å². The van der Waals surface area contributed by atoms with E-state index in [0.717, 1.165) is 21.5 Å². The van der Waals surface area contributed by atoms with E-state index in [1.807, 2.05) is 6.92 Å². The highest BCUT2D eigenvalue weighted by Crippen LogP contribution is 2.27. The molecule has 2 heterocycles. The summed E-state index contributed by atoms with van der Waals surface area (Å²) in [5.41, 5.74) is 0.579. The lowest BCUT2D eigenvalue weighted by molar-refractivity contribution is 0.0953. The van der Waals surface area contributed by atoms with Crippen LogP contribution in [0.15, 0.2) is 9.85 Å². The fourth-order valence-electron chi connectivity index (χ4n) is 2.19. The molecule has 1 atom stereocenters. The minimum absolute atomic E-state index is 0.211. The summed E-state index contributed by atoms with van der Waals surface area (Å²) in [5.74, 6) is 0.0337. The van der Waals surface area contributed by atoms with Gasteiger partial charge < -0.3 is 5.32 Å². The number of carbonyl (C=O) groups is 1. The topological polar surface area (TPSA) is 63.2 Å². The largest absolute Gasteiger partial charge is 0.351 e. The second kappa shape index (κ2) is 5.93. The Morgan fingerprint density at radius 3 is 2.84 bits per heavy atom. The van der Waals surface area contributed by atoms with Gasteiger partial charge in [0.2, 0.25) is 0 Å². The molecule has 1 aromatic rings. The molecule has 1 unspecified atom stereocenters. The molecule has 19 heavy (non-hydrogen) atoms. The first kappa shape index (κ1) is 15.0. The van der Waals surface area contributed by atoms with Gasteiger partial charge in [-0.3, -0.25) is 4.79 Å². The summed E-state index contributed by atoms with van der Waals surface area (Å²) in [4.78, 5) is 13.0. The Bertz CT molecular complexity index is 580. The SMILES string of the molecule is Cc1cc(C(=O)NCC2CCCCS2(=O)=O)c(Br)s1. The maximum Gasteiger partial charge on any atom is 0.253 e. The summed E-state index contributed by atoms with van der Waals surface area (Å²) >= 11 is 4.84. The molecule has 0 bridgehead atoms. The van der Waals surface area contributed by atoms with Crippen molar-refractivity contribution in [3.8, 4) is 0 Å². The van der Waals surface area contributed by atoms with E-state index in [1.165, 1.54) is 11.3 Å². The van der Waals surface area contributed by atoms with Gasteiger partial charge in [-0.05, 0) is 41.8 Å². The predicted octanol–water partition coefficient (Wildman–Crippen LogP) is 2.52. The molecular weight excluding hydrogens is 350 g/mol. The minimum atomic E-state index is -3.03. The lowest BCUT2D eigenvalue weighted by Crippen LogP contribution is -2.39. The molecule has 1 N–H and O–H groups in total. The summed E-state index contributed by atoms with van der Waals surface area (Å²) in [6.07, 6.45) is 2.30. The fraction of sp³-hybridized carbons (Fsp3) is 0.583. The molecule has 0 aliphatic carbocycles. The third kappa shape index (κ3) is 3.58. The fourth-order valence-corrected chi connectivity index (χ4v) is 5.78. The molecule has 1 amide bonds. The van der Waals surface area contributed by atoms with Gasteiger partial charge in [0.1, 0.15) is 0 Å². The molecule has 0 radical (unpaired) electrons. The highest BCUT2D eigenvalue weighted by molar-refractivity contribution is 9.11. The number of hydrogen-bond donors (Lipinski definition) is 1. The summed E-state index contributed by atoms with van der Waals surface area (Å²) < 4.78 is 24.5. The average Bonchev–Trinajstić information content (AvgIpc) is 2.66. The molecule has 1 aromatic heterocycles. The zero-order chi connectivity index (χ0) is 14.0. The smallest absolute Gasteiger partial charge is 0.253 e. The number of thiophene rings is 1. The Balaban J connectivity index is 1.99. The van der Waals surface area contributed by atoms with Crippen molar-refractivity contribution in [3.05, 3.63) is 20.3 Å². The Morgan fingerprint density at radius 2 is 2.26 bits per heavy atom. The molecule has 4 nitrogen and oxygen atoms in total. The van der Waals surface area contributed by atoms with Crippen LogP contribution < -0.4 is 5.32 Å². The van der Waals surface area contributed by atoms with E-state index in [9.17, 15) is 13.2 Å². The maximum atomic E-state index is 12.0. The van der Waals surface area contributed by atoms with Crippen molar-refractivity contribution < 1.29 is 13.2 Å². The van der Waals surface area contributed by atoms with Crippen LogP contribution >= 0.6 is 27.3 Å². The van der Waals surface area contributed by atoms with Crippen LogP contribution in [0.4, 0.5) is 0 Å². The van der Waals surface area contributed by atoms with Crippen LogP contribution in [0.1, 0.15) is 34.5 Å². The summed E-state index contributed by atoms with van der Waals surface area (Å²) in [7, 11) is -3.03. The van der Waals surface area contributed by atoms with Gasteiger partial charge in [-0.15, -0.1) is 11.3 Å². The number of nitrogens with one attached hydrogen (secondary N) is 1. The van der Waals surface area contributed by atoms with Gasteiger partial charge in [0.05, 0.1) is 20.4 Å². The average molecular weight is 366 g/mol. The summed E-state index contributed by atoms with van der Waals surface area (Å²) in [5, 5.41) is 2.31. The first-order chi connectivity index (χ1) is 8.90. The van der Waals surface area contributed by atoms with E-state index in [4.69, 9.17) is 0 Å². The van der Waals surface area contributed by atoms with E-state index in [1.54, 1.807) is 6.07 Å². The molecule has 7 heteroatoms. The quantitative estimate of drug-likeness (QED) is 0.894. The lowest BCUT2D eigenvalue weighted by Gasteiger charge is -2.22. The van der Waals surface area contributed by atoms with Crippen LogP contribution in [0, 0.1) is 6.92 Å². The Morgan fingerprint density at radius 1 is 1.53 bits per heavy atom. The van der Waals surface area contributed by atoms with Gasteiger partial charge in [0.25, 0.3) is 5.91 Å². The molecule has 1 saturated heterocycles. The van der Waals surface area contributed by atoms with Crippen LogP contribution in [0.5, 0.6) is 0 Å². The molecule has 0 saturated carbocycles. The van der Waals surface area contributed by atoms with E-state index >= 15 is 0 Å². The highest BCUT2D eigenvalue weighted by Gasteiger charge is 2.29. The van der Waals surface area contributed by atoms with Crippen molar-refractivity contribution in [2.24, 2.45) is 0 Å². The van der Waals surface area contributed by atoms with E-state index in [-0.39, 0.29) is 18.2 Å². The van der Waals surface area contributed by atoms with Crippen LogP contribution in [0.3, 0.4) is 0 Å². The molecule has 1 aliphatic heterocycles. The van der Waals surface area contributed by atoms with E-state index < -0.39 is 15.1 Å². The second-order valence-electron chi connectivity index (χ2n) is 4.74. The third-order valence-corrected chi connectivity index (χ3v) is 7.29. The molecule has 1 aliphatic rings. The molecule has 106 valence electrons. The van der Waals surface area contributed by atoms with Crippen molar-refractivity contribution in [3.63, 3.8) is 0 Å². The lowest BCUT2D eigenvalue weighted by atomic mass is 10.2. The zero-order valence-corrected chi connectivity index (χ0v) is 13.8. The standard InChI is InChI=1S/C12H16BrNO3S2/c1-8-6-10(11(13)18-8)12(15)14-7-9-4-2-3-5-19(9,16)17/h6,9H,2-5,7H2,1H3,(H,14,15). The number of carbonyl (C=O) groups excluding carboxylic acids is 1. The minimum Gasteiger partial charge on any atom is -0.351 e.